The molecule has 1 rings (SSSR count). The lowest BCUT2D eigenvalue weighted by Gasteiger charge is -2.35. The minimum atomic E-state index is -0.682. The number of rotatable bonds is 1. The molecule has 0 aromatic carbocycles. The molecule has 1 aliphatic carbocycles. The molecule has 68 valence electrons. The Balaban J connectivity index is 2.95. The van der Waals surface area contributed by atoms with Crippen LogP contribution in [-0.2, 0) is 9.59 Å². The van der Waals surface area contributed by atoms with Gasteiger partial charge >= 0.3 is 0 Å². The quantitative estimate of drug-likeness (QED) is 0.561. The van der Waals surface area contributed by atoms with Gasteiger partial charge in [0.2, 0.25) is 0 Å². The van der Waals surface area contributed by atoms with E-state index in [1.807, 2.05) is 6.92 Å². The molecule has 0 spiro atoms. The van der Waals surface area contributed by atoms with Crippen LogP contribution in [-0.4, -0.2) is 11.6 Å². The van der Waals surface area contributed by atoms with Gasteiger partial charge < -0.3 is 0 Å². The molecule has 12 heavy (non-hydrogen) atoms. The first-order valence-corrected chi connectivity index (χ1v) is 4.54. The Morgan fingerprint density at radius 3 is 2.50 bits per heavy atom. The van der Waals surface area contributed by atoms with Crippen LogP contribution in [0.4, 0.5) is 0 Å². The van der Waals surface area contributed by atoms with Crippen molar-refractivity contribution in [3.63, 3.8) is 0 Å². The molecular weight excluding hydrogens is 152 g/mol. The van der Waals surface area contributed by atoms with E-state index in [0.717, 1.165) is 12.8 Å². The summed E-state index contributed by atoms with van der Waals surface area (Å²) in [5, 5.41) is 0. The van der Waals surface area contributed by atoms with Crippen LogP contribution in [0.1, 0.15) is 40.0 Å². The molecule has 1 fully saturated rings. The fraction of sp³-hybridized carbons (Fsp3) is 0.800. The minimum Gasteiger partial charge on any atom is -0.299 e. The molecule has 0 bridgehead atoms. The summed E-state index contributed by atoms with van der Waals surface area (Å²) in [6.07, 6.45) is 2.53. The maximum Gasteiger partial charge on any atom is 0.146 e. The number of hydrogen-bond donors (Lipinski definition) is 0. The molecule has 0 aromatic rings. The Labute approximate surface area is 73.3 Å². The summed E-state index contributed by atoms with van der Waals surface area (Å²) in [7, 11) is 0. The van der Waals surface area contributed by atoms with E-state index in [1.54, 1.807) is 6.92 Å². The summed E-state index contributed by atoms with van der Waals surface area (Å²) in [6.45, 7) is 5.32. The van der Waals surface area contributed by atoms with Crippen LogP contribution < -0.4 is 0 Å². The lowest BCUT2D eigenvalue weighted by Crippen LogP contribution is -2.43. The zero-order chi connectivity index (χ0) is 9.35. The average Bonchev–Trinajstić information content (AvgIpc) is 1.99. The molecule has 0 saturated heterocycles. The van der Waals surface area contributed by atoms with Crippen LogP contribution in [0.15, 0.2) is 0 Å². The fourth-order valence-corrected chi connectivity index (χ4v) is 1.94. The van der Waals surface area contributed by atoms with Gasteiger partial charge in [-0.25, -0.2) is 0 Å². The van der Waals surface area contributed by atoms with Gasteiger partial charge in [0.1, 0.15) is 11.6 Å². The monoisotopic (exact) mass is 168 g/mol. The second-order valence-electron chi connectivity index (χ2n) is 3.97. The van der Waals surface area contributed by atoms with Crippen molar-refractivity contribution in [2.45, 2.75) is 40.0 Å². The number of carbonyl (C=O) groups is 2. The van der Waals surface area contributed by atoms with Gasteiger partial charge in [-0.3, -0.25) is 9.59 Å². The molecule has 2 nitrogen and oxygen atoms in total. The summed E-state index contributed by atoms with van der Waals surface area (Å²) in [5.41, 5.74) is -0.682. The van der Waals surface area contributed by atoms with Gasteiger partial charge in [0.25, 0.3) is 0 Å². The number of carbonyl (C=O) groups excluding carboxylic acids is 2. The maximum atomic E-state index is 11.5. The third-order valence-corrected chi connectivity index (χ3v) is 3.34. The zero-order valence-electron chi connectivity index (χ0n) is 8.02. The van der Waals surface area contributed by atoms with Crippen molar-refractivity contribution >= 4 is 11.6 Å². The highest BCUT2D eigenvalue weighted by atomic mass is 16.2. The Morgan fingerprint density at radius 1 is 1.58 bits per heavy atom. The van der Waals surface area contributed by atoms with Crippen molar-refractivity contribution in [2.24, 2.45) is 11.3 Å². The van der Waals surface area contributed by atoms with Gasteiger partial charge in [-0.1, -0.05) is 6.92 Å². The summed E-state index contributed by atoms with van der Waals surface area (Å²) >= 11 is 0. The second-order valence-corrected chi connectivity index (χ2v) is 3.97. The largest absolute Gasteiger partial charge is 0.299 e. The minimum absolute atomic E-state index is 0.0275. The summed E-state index contributed by atoms with van der Waals surface area (Å²) in [5.74, 6) is 0.379. The van der Waals surface area contributed by atoms with Crippen LogP contribution in [0, 0.1) is 11.3 Å². The molecule has 0 N–H and O–H groups in total. The molecular formula is C10H16O2. The Hall–Kier alpha value is -0.660. The van der Waals surface area contributed by atoms with Gasteiger partial charge in [0.15, 0.2) is 0 Å². The van der Waals surface area contributed by atoms with Crippen LogP contribution in [0.25, 0.3) is 0 Å². The molecule has 2 unspecified atom stereocenters. The van der Waals surface area contributed by atoms with Crippen molar-refractivity contribution in [1.29, 1.82) is 0 Å². The van der Waals surface area contributed by atoms with Crippen molar-refractivity contribution < 1.29 is 9.59 Å². The van der Waals surface area contributed by atoms with Crippen molar-refractivity contribution in [2.75, 3.05) is 0 Å². The molecule has 0 aliphatic heterocycles. The molecule has 0 radical (unpaired) electrons. The van der Waals surface area contributed by atoms with E-state index in [-0.39, 0.29) is 17.5 Å². The predicted octanol–water partition coefficient (Wildman–Crippen LogP) is 1.97. The molecule has 1 aliphatic rings. The first kappa shape index (κ1) is 9.43. The van der Waals surface area contributed by atoms with Crippen LogP contribution >= 0.6 is 0 Å². The van der Waals surface area contributed by atoms with Crippen LogP contribution in [0.3, 0.4) is 0 Å². The van der Waals surface area contributed by atoms with Gasteiger partial charge in [0.05, 0.1) is 5.41 Å². The Bertz CT molecular complexity index is 220. The average molecular weight is 168 g/mol. The SMILES string of the molecule is CC(=O)C1(C)C(=O)CCCC1C. The first-order valence-electron chi connectivity index (χ1n) is 4.54. The third-order valence-electron chi connectivity index (χ3n) is 3.34. The van der Waals surface area contributed by atoms with Gasteiger partial charge in [0, 0.05) is 6.42 Å². The fourth-order valence-electron chi connectivity index (χ4n) is 1.94. The molecule has 0 heterocycles. The van der Waals surface area contributed by atoms with Crippen molar-refractivity contribution in [3.05, 3.63) is 0 Å². The third kappa shape index (κ3) is 1.19. The molecule has 2 heteroatoms. The normalized spacial score (nSPS) is 36.6. The number of Topliss-reactive ketones (excluding diaryl/α,β-unsaturated/α-hetero) is 2. The number of ketones is 2. The smallest absolute Gasteiger partial charge is 0.146 e. The molecule has 2 atom stereocenters. The van der Waals surface area contributed by atoms with E-state index in [9.17, 15) is 9.59 Å². The lowest BCUT2D eigenvalue weighted by atomic mass is 9.65. The topological polar surface area (TPSA) is 34.1 Å². The van der Waals surface area contributed by atoms with E-state index >= 15 is 0 Å². The van der Waals surface area contributed by atoms with E-state index in [2.05, 4.69) is 0 Å². The summed E-state index contributed by atoms with van der Waals surface area (Å²) < 4.78 is 0. The van der Waals surface area contributed by atoms with Gasteiger partial charge in [-0.2, -0.15) is 0 Å². The highest BCUT2D eigenvalue weighted by Crippen LogP contribution is 2.38. The van der Waals surface area contributed by atoms with Gasteiger partial charge in [-0.05, 0) is 32.6 Å². The molecule has 0 aromatic heterocycles. The Kier molecular flexibility index (Phi) is 2.36. The molecule has 0 amide bonds. The number of hydrogen-bond acceptors (Lipinski definition) is 2. The van der Waals surface area contributed by atoms with E-state index in [1.165, 1.54) is 6.92 Å². The second kappa shape index (κ2) is 3.00. The Morgan fingerprint density at radius 2 is 2.17 bits per heavy atom. The summed E-state index contributed by atoms with van der Waals surface area (Å²) in [4.78, 5) is 22.9. The lowest BCUT2D eigenvalue weighted by molar-refractivity contribution is -0.144. The summed E-state index contributed by atoms with van der Waals surface area (Å²) in [6, 6.07) is 0. The predicted molar refractivity (Wildman–Crippen MR) is 46.8 cm³/mol. The highest BCUT2D eigenvalue weighted by Gasteiger charge is 2.44. The standard InChI is InChI=1S/C10H16O2/c1-7-5-4-6-9(12)10(7,3)8(2)11/h7H,4-6H2,1-3H3. The van der Waals surface area contributed by atoms with E-state index in [4.69, 9.17) is 0 Å². The zero-order valence-corrected chi connectivity index (χ0v) is 8.02. The van der Waals surface area contributed by atoms with Crippen LogP contribution in [0.2, 0.25) is 0 Å². The van der Waals surface area contributed by atoms with Crippen LogP contribution in [0.5, 0.6) is 0 Å². The van der Waals surface area contributed by atoms with Gasteiger partial charge in [-0.15, -0.1) is 0 Å². The van der Waals surface area contributed by atoms with Crippen molar-refractivity contribution in [1.82, 2.24) is 0 Å². The highest BCUT2D eigenvalue weighted by molar-refractivity contribution is 6.06. The first-order chi connectivity index (χ1) is 5.49. The molecule has 1 saturated carbocycles. The van der Waals surface area contributed by atoms with E-state index < -0.39 is 5.41 Å². The maximum absolute atomic E-state index is 11.5. The van der Waals surface area contributed by atoms with E-state index in [0.29, 0.717) is 6.42 Å². The van der Waals surface area contributed by atoms with Crippen molar-refractivity contribution in [3.8, 4) is 0 Å².